The maximum absolute atomic E-state index is 12.9. The molecule has 0 spiro atoms. The zero-order chi connectivity index (χ0) is 14.4. The average Bonchev–Trinajstić information content (AvgIpc) is 3.22. The van der Waals surface area contributed by atoms with Crippen LogP contribution in [0.3, 0.4) is 0 Å². The Labute approximate surface area is 131 Å². The van der Waals surface area contributed by atoms with E-state index in [9.17, 15) is 9.59 Å². The van der Waals surface area contributed by atoms with Gasteiger partial charge in [0.2, 0.25) is 5.91 Å². The van der Waals surface area contributed by atoms with Crippen LogP contribution in [-0.4, -0.2) is 28.8 Å². The van der Waals surface area contributed by atoms with Crippen molar-refractivity contribution in [2.45, 2.75) is 44.7 Å². The molecule has 0 heterocycles. The number of rotatable bonds is 4. The molecule has 3 rings (SSSR count). The molecule has 20 heavy (non-hydrogen) atoms. The van der Waals surface area contributed by atoms with Crippen LogP contribution in [0.25, 0.3) is 0 Å². The van der Waals surface area contributed by atoms with Gasteiger partial charge in [0.05, 0.1) is 11.1 Å². The van der Waals surface area contributed by atoms with Crippen LogP contribution < -0.4 is 5.73 Å². The van der Waals surface area contributed by atoms with Crippen LogP contribution in [0, 0.1) is 10.5 Å². The topological polar surface area (TPSA) is 63.4 Å². The fourth-order valence-corrected chi connectivity index (χ4v) is 3.49. The highest BCUT2D eigenvalue weighted by molar-refractivity contribution is 14.1. The molecule has 2 saturated carbocycles. The Kier molecular flexibility index (Phi) is 3.48. The molecule has 0 aliphatic heterocycles. The van der Waals surface area contributed by atoms with Crippen molar-refractivity contribution in [2.75, 3.05) is 0 Å². The van der Waals surface area contributed by atoms with Gasteiger partial charge in [0.15, 0.2) is 0 Å². The molecule has 2 aliphatic rings. The Bertz CT molecular complexity index is 580. The number of aryl methyl sites for hydroxylation is 1. The van der Waals surface area contributed by atoms with Gasteiger partial charge in [-0.15, -0.1) is 0 Å². The van der Waals surface area contributed by atoms with Gasteiger partial charge >= 0.3 is 0 Å². The molecule has 1 aromatic rings. The molecule has 1 aromatic carbocycles. The van der Waals surface area contributed by atoms with Gasteiger partial charge in [0, 0.05) is 15.7 Å². The van der Waals surface area contributed by atoms with Crippen LogP contribution >= 0.6 is 22.6 Å². The van der Waals surface area contributed by atoms with E-state index in [1.165, 1.54) is 0 Å². The third kappa shape index (κ3) is 2.55. The molecule has 0 atom stereocenters. The normalized spacial score (nSPS) is 17.9. The quantitative estimate of drug-likeness (QED) is 0.811. The Morgan fingerprint density at radius 2 is 1.75 bits per heavy atom. The molecule has 0 saturated heterocycles. The number of hydrogen-bond donors (Lipinski definition) is 1. The van der Waals surface area contributed by atoms with Gasteiger partial charge in [-0.2, -0.15) is 0 Å². The predicted octanol–water partition coefficient (Wildman–Crippen LogP) is 2.47. The van der Waals surface area contributed by atoms with Crippen molar-refractivity contribution in [3.63, 3.8) is 0 Å². The van der Waals surface area contributed by atoms with E-state index in [0.29, 0.717) is 23.2 Å². The summed E-state index contributed by atoms with van der Waals surface area (Å²) in [6, 6.07) is 4.41. The highest BCUT2D eigenvalue weighted by Gasteiger charge is 2.43. The van der Waals surface area contributed by atoms with Crippen LogP contribution in [-0.2, 0) is 0 Å². The summed E-state index contributed by atoms with van der Waals surface area (Å²) in [5, 5.41) is 0. The number of carbonyl (C=O) groups is 2. The second-order valence-electron chi connectivity index (χ2n) is 5.68. The summed E-state index contributed by atoms with van der Waals surface area (Å²) in [5.74, 6) is -0.542. The minimum atomic E-state index is -0.520. The highest BCUT2D eigenvalue weighted by Crippen LogP contribution is 2.39. The number of halogens is 1. The van der Waals surface area contributed by atoms with E-state index >= 15 is 0 Å². The number of nitrogens with zero attached hydrogens (tertiary/aromatic N) is 1. The number of amides is 2. The van der Waals surface area contributed by atoms with Crippen molar-refractivity contribution in [1.82, 2.24) is 4.90 Å². The fourth-order valence-electron chi connectivity index (χ4n) is 2.71. The largest absolute Gasteiger partial charge is 0.366 e. The van der Waals surface area contributed by atoms with Crippen LogP contribution in [0.5, 0.6) is 0 Å². The average molecular weight is 384 g/mol. The lowest BCUT2D eigenvalue weighted by molar-refractivity contribution is 0.0724. The first-order valence-electron chi connectivity index (χ1n) is 6.91. The maximum atomic E-state index is 12.9. The summed E-state index contributed by atoms with van der Waals surface area (Å²) in [7, 11) is 0. The summed E-state index contributed by atoms with van der Waals surface area (Å²) in [4.78, 5) is 26.5. The molecular weight excluding hydrogens is 367 g/mol. The summed E-state index contributed by atoms with van der Waals surface area (Å²) >= 11 is 2.17. The van der Waals surface area contributed by atoms with Crippen molar-refractivity contribution in [3.05, 3.63) is 32.4 Å². The highest BCUT2D eigenvalue weighted by atomic mass is 127. The molecule has 5 heteroatoms. The SMILES string of the molecule is Cc1cc(I)cc(C(=O)N(C2CC2)C2CC2)c1C(N)=O. The van der Waals surface area contributed by atoms with Gasteiger partial charge in [-0.1, -0.05) is 0 Å². The van der Waals surface area contributed by atoms with Gasteiger partial charge < -0.3 is 10.6 Å². The Balaban J connectivity index is 2.03. The molecule has 2 aliphatic carbocycles. The van der Waals surface area contributed by atoms with E-state index in [2.05, 4.69) is 22.6 Å². The number of benzene rings is 1. The van der Waals surface area contributed by atoms with Gasteiger partial charge in [-0.05, 0) is 72.9 Å². The minimum absolute atomic E-state index is 0.0228. The lowest BCUT2D eigenvalue weighted by Gasteiger charge is -2.23. The second kappa shape index (κ2) is 5.02. The number of nitrogens with two attached hydrogens (primary N) is 1. The Morgan fingerprint density at radius 1 is 1.20 bits per heavy atom. The molecule has 106 valence electrons. The van der Waals surface area contributed by atoms with Crippen molar-refractivity contribution in [2.24, 2.45) is 5.73 Å². The zero-order valence-electron chi connectivity index (χ0n) is 11.4. The maximum Gasteiger partial charge on any atom is 0.255 e. The van der Waals surface area contributed by atoms with Crippen LogP contribution in [0.15, 0.2) is 12.1 Å². The Hall–Kier alpha value is -1.11. The number of carbonyl (C=O) groups excluding carboxylic acids is 2. The third-order valence-corrected chi connectivity index (χ3v) is 4.51. The van der Waals surface area contributed by atoms with E-state index < -0.39 is 5.91 Å². The first-order valence-corrected chi connectivity index (χ1v) is 7.99. The molecular formula is C15H17IN2O2. The summed E-state index contributed by atoms with van der Waals surface area (Å²) < 4.78 is 0.958. The molecule has 4 nitrogen and oxygen atoms in total. The van der Waals surface area contributed by atoms with E-state index in [-0.39, 0.29) is 5.91 Å². The fraction of sp³-hybridized carbons (Fsp3) is 0.467. The summed E-state index contributed by atoms with van der Waals surface area (Å²) in [6.07, 6.45) is 4.32. The van der Waals surface area contributed by atoms with Gasteiger partial charge in [0.25, 0.3) is 5.91 Å². The standard InChI is InChI=1S/C15H17IN2O2/c1-8-6-9(16)7-12(13(8)14(17)19)15(20)18(10-2-3-10)11-4-5-11/h6-7,10-11H,2-5H2,1H3,(H2,17,19). The second-order valence-corrected chi connectivity index (χ2v) is 6.93. The first-order chi connectivity index (χ1) is 9.49. The van der Waals surface area contributed by atoms with Gasteiger partial charge in [0.1, 0.15) is 0 Å². The summed E-state index contributed by atoms with van der Waals surface area (Å²) in [6.45, 7) is 1.83. The van der Waals surface area contributed by atoms with Crippen LogP contribution in [0.1, 0.15) is 52.0 Å². The number of primary amides is 1. The molecule has 2 N–H and O–H groups in total. The lowest BCUT2D eigenvalue weighted by Crippen LogP contribution is -2.36. The smallest absolute Gasteiger partial charge is 0.255 e. The van der Waals surface area contributed by atoms with E-state index in [1.807, 2.05) is 17.9 Å². The lowest BCUT2D eigenvalue weighted by atomic mass is 10.00. The summed E-state index contributed by atoms with van der Waals surface area (Å²) in [5.41, 5.74) is 7.10. The molecule has 0 radical (unpaired) electrons. The van der Waals surface area contributed by atoms with E-state index in [0.717, 1.165) is 34.8 Å². The van der Waals surface area contributed by atoms with E-state index in [4.69, 9.17) is 5.73 Å². The van der Waals surface area contributed by atoms with Crippen LogP contribution in [0.4, 0.5) is 0 Å². The number of hydrogen-bond acceptors (Lipinski definition) is 2. The van der Waals surface area contributed by atoms with E-state index in [1.54, 1.807) is 6.07 Å². The molecule has 0 aromatic heterocycles. The van der Waals surface area contributed by atoms with Crippen molar-refractivity contribution in [1.29, 1.82) is 0 Å². The molecule has 0 unspecified atom stereocenters. The van der Waals surface area contributed by atoms with Gasteiger partial charge in [-0.3, -0.25) is 9.59 Å². The monoisotopic (exact) mass is 384 g/mol. The molecule has 0 bridgehead atoms. The van der Waals surface area contributed by atoms with Crippen molar-refractivity contribution < 1.29 is 9.59 Å². The molecule has 2 fully saturated rings. The molecule has 2 amide bonds. The van der Waals surface area contributed by atoms with Gasteiger partial charge in [-0.25, -0.2) is 0 Å². The Morgan fingerprint density at radius 3 is 2.20 bits per heavy atom. The predicted molar refractivity (Wildman–Crippen MR) is 84.6 cm³/mol. The minimum Gasteiger partial charge on any atom is -0.366 e. The van der Waals surface area contributed by atoms with Crippen LogP contribution in [0.2, 0.25) is 0 Å². The zero-order valence-corrected chi connectivity index (χ0v) is 13.5. The van der Waals surface area contributed by atoms with Crippen molar-refractivity contribution in [3.8, 4) is 0 Å². The third-order valence-electron chi connectivity index (χ3n) is 3.89. The van der Waals surface area contributed by atoms with Crippen molar-refractivity contribution >= 4 is 34.4 Å². The first kappa shape index (κ1) is 13.9.